The predicted molar refractivity (Wildman–Crippen MR) is 96.6 cm³/mol. The van der Waals surface area contributed by atoms with Gasteiger partial charge in [-0.15, -0.1) is 0 Å². The minimum Gasteiger partial charge on any atom is -0.377 e. The van der Waals surface area contributed by atoms with Crippen molar-refractivity contribution in [2.45, 2.75) is 30.9 Å². The minimum absolute atomic E-state index is 0.287. The van der Waals surface area contributed by atoms with Crippen LogP contribution in [0.4, 0.5) is 0 Å². The quantitative estimate of drug-likeness (QED) is 0.563. The van der Waals surface area contributed by atoms with Gasteiger partial charge in [0.2, 0.25) is 10.0 Å². The van der Waals surface area contributed by atoms with Gasteiger partial charge in [-0.05, 0) is 25.5 Å². The lowest BCUT2D eigenvalue weighted by Crippen LogP contribution is -2.45. The number of ether oxygens (including phenoxy) is 1. The molecule has 0 heterocycles. The van der Waals surface area contributed by atoms with Gasteiger partial charge < -0.3 is 15.4 Å². The molecule has 0 amide bonds. The van der Waals surface area contributed by atoms with Crippen LogP contribution in [0.1, 0.15) is 19.4 Å². The van der Waals surface area contributed by atoms with E-state index in [9.17, 15) is 8.42 Å². The molecule has 0 spiro atoms. The molecule has 0 aliphatic carbocycles. The molecule has 1 aromatic rings. The maximum absolute atomic E-state index is 12.4. The second kappa shape index (κ2) is 8.46. The number of guanidine groups is 1. The summed E-state index contributed by atoms with van der Waals surface area (Å²) in [5.74, 6) is 0.581. The summed E-state index contributed by atoms with van der Waals surface area (Å²) in [4.78, 5) is 4.43. The highest BCUT2D eigenvalue weighted by molar-refractivity contribution is 7.89. The van der Waals surface area contributed by atoms with Gasteiger partial charge in [0.05, 0.1) is 10.5 Å². The van der Waals surface area contributed by atoms with Crippen molar-refractivity contribution in [3.8, 4) is 0 Å². The number of rotatable bonds is 7. The van der Waals surface area contributed by atoms with Crippen molar-refractivity contribution in [3.05, 3.63) is 29.8 Å². The number of aliphatic imine (C=N–C) groups is 1. The number of benzene rings is 1. The summed E-state index contributed by atoms with van der Waals surface area (Å²) >= 11 is 0. The Bertz CT molecular complexity index is 670. The zero-order chi connectivity index (χ0) is 18.4. The normalized spacial score (nSPS) is 13.2. The van der Waals surface area contributed by atoms with Gasteiger partial charge in [0, 0.05) is 41.3 Å². The molecule has 0 aliphatic heterocycles. The van der Waals surface area contributed by atoms with E-state index in [1.54, 1.807) is 32.4 Å². The lowest BCUT2D eigenvalue weighted by Gasteiger charge is -2.24. The van der Waals surface area contributed by atoms with E-state index >= 15 is 0 Å². The number of hydrogen-bond acceptors (Lipinski definition) is 4. The van der Waals surface area contributed by atoms with Gasteiger partial charge >= 0.3 is 0 Å². The molecular weight excluding hydrogens is 328 g/mol. The topological polar surface area (TPSA) is 83.0 Å². The Balaban J connectivity index is 2.84. The molecule has 0 saturated carbocycles. The maximum atomic E-state index is 12.4. The first kappa shape index (κ1) is 20.4. The summed E-state index contributed by atoms with van der Waals surface area (Å²) in [7, 11) is 2.87. The van der Waals surface area contributed by atoms with Gasteiger partial charge in [0.15, 0.2) is 5.96 Å². The minimum atomic E-state index is -3.49. The fourth-order valence-corrected chi connectivity index (χ4v) is 2.98. The number of sulfonamides is 1. The van der Waals surface area contributed by atoms with Gasteiger partial charge in [-0.2, -0.15) is 0 Å². The molecule has 1 rings (SSSR count). The van der Waals surface area contributed by atoms with E-state index in [1.165, 1.54) is 18.4 Å². The van der Waals surface area contributed by atoms with E-state index in [1.807, 2.05) is 19.9 Å². The molecule has 0 atom stereocenters. The van der Waals surface area contributed by atoms with Crippen molar-refractivity contribution in [1.29, 1.82) is 0 Å². The maximum Gasteiger partial charge on any atom is 0.242 e. The van der Waals surface area contributed by atoms with Crippen LogP contribution in [0.15, 0.2) is 34.2 Å². The highest BCUT2D eigenvalue weighted by atomic mass is 32.2. The molecule has 1 aromatic carbocycles. The third-order valence-corrected chi connectivity index (χ3v) is 5.55. The highest BCUT2D eigenvalue weighted by Gasteiger charge is 2.21. The highest BCUT2D eigenvalue weighted by Crippen LogP contribution is 2.18. The molecule has 136 valence electrons. The average Bonchev–Trinajstić information content (AvgIpc) is 2.55. The van der Waals surface area contributed by atoms with Gasteiger partial charge in [-0.25, -0.2) is 12.7 Å². The second-order valence-corrected chi connectivity index (χ2v) is 8.26. The monoisotopic (exact) mass is 356 g/mol. The Labute approximate surface area is 145 Å². The number of methoxy groups -OCH3 is 1. The summed E-state index contributed by atoms with van der Waals surface area (Å²) in [6.07, 6.45) is 0. The summed E-state index contributed by atoms with van der Waals surface area (Å²) < 4.78 is 31.4. The number of hydrogen-bond donors (Lipinski definition) is 2. The molecule has 0 aliphatic rings. The zero-order valence-corrected chi connectivity index (χ0v) is 16.1. The van der Waals surface area contributed by atoms with Gasteiger partial charge in [0.1, 0.15) is 0 Å². The van der Waals surface area contributed by atoms with E-state index < -0.39 is 10.0 Å². The van der Waals surface area contributed by atoms with Crippen LogP contribution in [-0.2, 0) is 21.3 Å². The van der Waals surface area contributed by atoms with Gasteiger partial charge in [-0.3, -0.25) is 4.99 Å². The zero-order valence-electron chi connectivity index (χ0n) is 15.3. The van der Waals surface area contributed by atoms with Crippen molar-refractivity contribution >= 4 is 16.0 Å². The van der Waals surface area contributed by atoms with Gasteiger partial charge in [-0.1, -0.05) is 18.2 Å². The van der Waals surface area contributed by atoms with Crippen molar-refractivity contribution < 1.29 is 13.2 Å². The molecule has 0 bridgehead atoms. The summed E-state index contributed by atoms with van der Waals surface area (Å²) in [6.45, 7) is 4.84. The van der Waals surface area contributed by atoms with Crippen LogP contribution in [0.5, 0.6) is 0 Å². The van der Waals surface area contributed by atoms with Crippen LogP contribution in [0, 0.1) is 0 Å². The Hall–Kier alpha value is -1.64. The lowest BCUT2D eigenvalue weighted by atomic mass is 10.1. The first-order chi connectivity index (χ1) is 11.1. The van der Waals surface area contributed by atoms with Crippen molar-refractivity contribution in [1.82, 2.24) is 14.9 Å². The molecule has 0 radical (unpaired) electrons. The molecule has 0 aromatic heterocycles. The van der Waals surface area contributed by atoms with Crippen LogP contribution in [0.2, 0.25) is 0 Å². The number of nitrogens with zero attached hydrogens (tertiary/aromatic N) is 2. The largest absolute Gasteiger partial charge is 0.377 e. The standard InChI is InChI=1S/C16H28N4O3S/c1-16(2,23-6)12-19-15(17-3)18-11-13-9-7-8-10-14(13)24(21,22)20(4)5/h7-10H,11-12H2,1-6H3,(H2,17,18,19). The summed E-state index contributed by atoms with van der Waals surface area (Å²) in [5, 5.41) is 6.30. The van der Waals surface area contributed by atoms with E-state index in [4.69, 9.17) is 4.74 Å². The van der Waals surface area contributed by atoms with E-state index in [2.05, 4.69) is 15.6 Å². The van der Waals surface area contributed by atoms with Crippen LogP contribution >= 0.6 is 0 Å². The van der Waals surface area contributed by atoms with E-state index in [0.29, 0.717) is 24.6 Å². The first-order valence-electron chi connectivity index (χ1n) is 7.64. The number of nitrogens with one attached hydrogen (secondary N) is 2. The Morgan fingerprint density at radius 3 is 2.42 bits per heavy atom. The van der Waals surface area contributed by atoms with Crippen LogP contribution in [0.25, 0.3) is 0 Å². The molecule has 8 heteroatoms. The first-order valence-corrected chi connectivity index (χ1v) is 9.08. The van der Waals surface area contributed by atoms with Crippen molar-refractivity contribution in [3.63, 3.8) is 0 Å². The van der Waals surface area contributed by atoms with Crippen LogP contribution < -0.4 is 10.6 Å². The molecule has 7 nitrogen and oxygen atoms in total. The summed E-state index contributed by atoms with van der Waals surface area (Å²) in [6, 6.07) is 6.93. The van der Waals surface area contributed by atoms with Crippen molar-refractivity contribution in [2.75, 3.05) is 34.8 Å². The molecule has 0 saturated heterocycles. The molecule has 24 heavy (non-hydrogen) atoms. The second-order valence-electron chi connectivity index (χ2n) is 6.14. The molecule has 0 unspecified atom stereocenters. The Morgan fingerprint density at radius 2 is 1.88 bits per heavy atom. The van der Waals surface area contributed by atoms with Gasteiger partial charge in [0.25, 0.3) is 0 Å². The smallest absolute Gasteiger partial charge is 0.242 e. The Kier molecular flexibility index (Phi) is 7.19. The van der Waals surface area contributed by atoms with E-state index in [-0.39, 0.29) is 10.5 Å². The fraction of sp³-hybridized carbons (Fsp3) is 0.562. The van der Waals surface area contributed by atoms with Crippen LogP contribution in [0.3, 0.4) is 0 Å². The lowest BCUT2D eigenvalue weighted by molar-refractivity contribution is 0.0268. The third kappa shape index (κ3) is 5.47. The third-order valence-electron chi connectivity index (χ3n) is 3.64. The van der Waals surface area contributed by atoms with Crippen molar-refractivity contribution in [2.24, 2.45) is 4.99 Å². The fourth-order valence-electron chi connectivity index (χ4n) is 1.87. The Morgan fingerprint density at radius 1 is 1.25 bits per heavy atom. The SMILES string of the molecule is CN=C(NCc1ccccc1S(=O)(=O)N(C)C)NCC(C)(C)OC. The van der Waals surface area contributed by atoms with Crippen LogP contribution in [-0.4, -0.2) is 59.1 Å². The molecule has 2 N–H and O–H groups in total. The average molecular weight is 356 g/mol. The van der Waals surface area contributed by atoms with E-state index in [0.717, 1.165) is 0 Å². The molecular formula is C16H28N4O3S. The molecule has 0 fully saturated rings. The summed E-state index contributed by atoms with van der Waals surface area (Å²) in [5.41, 5.74) is 0.351. The predicted octanol–water partition coefficient (Wildman–Crippen LogP) is 1.03.